The van der Waals surface area contributed by atoms with E-state index in [4.69, 9.17) is 15.2 Å². The van der Waals surface area contributed by atoms with Crippen LogP contribution in [0.1, 0.15) is 32.6 Å². The molecule has 2 aliphatic heterocycles. The average Bonchev–Trinajstić information content (AvgIpc) is 2.27. The number of esters is 1. The molecule has 3 rings (SSSR count). The summed E-state index contributed by atoms with van der Waals surface area (Å²) in [7, 11) is 0. The Morgan fingerprint density at radius 3 is 2.38 bits per heavy atom. The van der Waals surface area contributed by atoms with E-state index < -0.39 is 17.5 Å². The highest BCUT2D eigenvalue weighted by Gasteiger charge is 2.53. The van der Waals surface area contributed by atoms with Crippen molar-refractivity contribution in [2.24, 2.45) is 11.7 Å². The Morgan fingerprint density at radius 2 is 2.00 bits per heavy atom. The van der Waals surface area contributed by atoms with Crippen LogP contribution in [-0.2, 0) is 19.1 Å². The lowest BCUT2D eigenvalue weighted by Crippen LogP contribution is -2.62. The second-order valence-electron chi connectivity index (χ2n) is 4.63. The molecule has 0 aromatic rings. The Morgan fingerprint density at radius 1 is 1.38 bits per heavy atom. The maximum atomic E-state index is 11.6. The lowest BCUT2D eigenvalue weighted by atomic mass is 9.72. The normalized spacial score (nSPS) is 37.1. The van der Waals surface area contributed by atoms with Crippen molar-refractivity contribution >= 4 is 11.9 Å². The van der Waals surface area contributed by atoms with Crippen LogP contribution in [0.2, 0.25) is 0 Å². The van der Waals surface area contributed by atoms with Gasteiger partial charge < -0.3 is 15.2 Å². The molecule has 2 N–H and O–H groups in total. The first kappa shape index (κ1) is 11.4. The first-order chi connectivity index (χ1) is 7.54. The van der Waals surface area contributed by atoms with E-state index in [9.17, 15) is 9.59 Å². The standard InChI is InChI=1S/C11H17NO4/c1-7(13)15-6-11(10(12)14)8-2-4-9(16-11)5-3-8/h8-9H,2-6H2,1H3,(H2,12,14). The number of fused-ring (bicyclic) bond motifs is 3. The monoisotopic (exact) mass is 227 g/mol. The third-order valence-corrected chi connectivity index (χ3v) is 3.62. The topological polar surface area (TPSA) is 78.6 Å². The third kappa shape index (κ3) is 1.80. The molecule has 0 aromatic carbocycles. The summed E-state index contributed by atoms with van der Waals surface area (Å²) in [5.41, 5.74) is 4.34. The third-order valence-electron chi connectivity index (χ3n) is 3.62. The van der Waals surface area contributed by atoms with Crippen LogP contribution in [-0.4, -0.2) is 30.2 Å². The van der Waals surface area contributed by atoms with Crippen LogP contribution < -0.4 is 5.73 Å². The quantitative estimate of drug-likeness (QED) is 0.706. The minimum atomic E-state index is -1.08. The second-order valence-corrected chi connectivity index (χ2v) is 4.63. The van der Waals surface area contributed by atoms with Crippen LogP contribution in [0.5, 0.6) is 0 Å². The maximum Gasteiger partial charge on any atom is 0.302 e. The van der Waals surface area contributed by atoms with E-state index in [1.165, 1.54) is 6.92 Å². The van der Waals surface area contributed by atoms with Gasteiger partial charge in [-0.1, -0.05) is 0 Å². The summed E-state index contributed by atoms with van der Waals surface area (Å²) in [5, 5.41) is 0. The lowest BCUT2D eigenvalue weighted by Gasteiger charge is -2.49. The van der Waals surface area contributed by atoms with Crippen LogP contribution in [0.15, 0.2) is 0 Å². The number of hydrogen-bond donors (Lipinski definition) is 1. The first-order valence-electron chi connectivity index (χ1n) is 5.65. The molecule has 2 heterocycles. The van der Waals surface area contributed by atoms with E-state index in [0.717, 1.165) is 25.7 Å². The predicted molar refractivity (Wildman–Crippen MR) is 55.4 cm³/mol. The number of rotatable bonds is 3. The summed E-state index contributed by atoms with van der Waals surface area (Å²) in [6.45, 7) is 1.27. The fourth-order valence-corrected chi connectivity index (χ4v) is 2.73. The average molecular weight is 227 g/mol. The van der Waals surface area contributed by atoms with E-state index in [-0.39, 0.29) is 18.6 Å². The van der Waals surface area contributed by atoms with Gasteiger partial charge in [0.25, 0.3) is 5.91 Å². The molecule has 1 saturated carbocycles. The van der Waals surface area contributed by atoms with Crippen molar-refractivity contribution in [1.82, 2.24) is 0 Å². The Bertz CT molecular complexity index is 309. The summed E-state index contributed by atoms with van der Waals surface area (Å²) < 4.78 is 10.7. The Labute approximate surface area is 94.3 Å². The molecule has 0 aromatic heterocycles. The highest BCUT2D eigenvalue weighted by Crippen LogP contribution is 2.44. The zero-order valence-corrected chi connectivity index (χ0v) is 9.40. The van der Waals surface area contributed by atoms with Crippen molar-refractivity contribution in [1.29, 1.82) is 0 Å². The van der Waals surface area contributed by atoms with E-state index in [0.29, 0.717) is 0 Å². The molecule has 1 amide bonds. The Hall–Kier alpha value is -1.10. The molecule has 2 bridgehead atoms. The molecule has 1 atom stereocenters. The first-order valence-corrected chi connectivity index (χ1v) is 5.65. The summed E-state index contributed by atoms with van der Waals surface area (Å²) in [6.07, 6.45) is 3.89. The van der Waals surface area contributed by atoms with Crippen LogP contribution in [0, 0.1) is 5.92 Å². The zero-order chi connectivity index (χ0) is 11.8. The summed E-state index contributed by atoms with van der Waals surface area (Å²) in [4.78, 5) is 22.4. The van der Waals surface area contributed by atoms with Crippen molar-refractivity contribution < 1.29 is 19.1 Å². The summed E-state index contributed by atoms with van der Waals surface area (Å²) in [6, 6.07) is 0. The van der Waals surface area contributed by atoms with Gasteiger partial charge in [-0.25, -0.2) is 0 Å². The number of hydrogen-bond acceptors (Lipinski definition) is 4. The van der Waals surface area contributed by atoms with Gasteiger partial charge in [0.2, 0.25) is 0 Å². The van der Waals surface area contributed by atoms with Gasteiger partial charge in [0, 0.05) is 12.8 Å². The van der Waals surface area contributed by atoms with E-state index in [2.05, 4.69) is 0 Å². The number of carbonyl (C=O) groups excluding carboxylic acids is 2. The van der Waals surface area contributed by atoms with Crippen LogP contribution >= 0.6 is 0 Å². The molecule has 90 valence electrons. The highest BCUT2D eigenvalue weighted by atomic mass is 16.6. The molecule has 3 aliphatic rings. The van der Waals surface area contributed by atoms with Gasteiger partial charge in [0.15, 0.2) is 5.60 Å². The molecule has 1 aliphatic carbocycles. The maximum absolute atomic E-state index is 11.6. The van der Waals surface area contributed by atoms with Gasteiger partial charge in [0.1, 0.15) is 6.61 Å². The molecular formula is C11H17NO4. The van der Waals surface area contributed by atoms with Gasteiger partial charge in [-0.3, -0.25) is 9.59 Å². The number of nitrogens with two attached hydrogens (primary N) is 1. The van der Waals surface area contributed by atoms with Crippen molar-refractivity contribution in [2.45, 2.75) is 44.3 Å². The molecule has 2 saturated heterocycles. The van der Waals surface area contributed by atoms with Gasteiger partial charge >= 0.3 is 5.97 Å². The molecule has 0 spiro atoms. The minimum Gasteiger partial charge on any atom is -0.462 e. The van der Waals surface area contributed by atoms with E-state index >= 15 is 0 Å². The van der Waals surface area contributed by atoms with Crippen molar-refractivity contribution in [3.63, 3.8) is 0 Å². The van der Waals surface area contributed by atoms with Gasteiger partial charge in [-0.2, -0.15) is 0 Å². The molecule has 5 heteroatoms. The van der Waals surface area contributed by atoms with Gasteiger partial charge in [-0.15, -0.1) is 0 Å². The summed E-state index contributed by atoms with van der Waals surface area (Å²) in [5.74, 6) is -0.830. The van der Waals surface area contributed by atoms with E-state index in [1.807, 2.05) is 0 Å². The molecular weight excluding hydrogens is 210 g/mol. The second kappa shape index (κ2) is 4.05. The fraction of sp³-hybridized carbons (Fsp3) is 0.818. The molecule has 0 radical (unpaired) electrons. The van der Waals surface area contributed by atoms with Crippen LogP contribution in [0.3, 0.4) is 0 Å². The number of ether oxygens (including phenoxy) is 2. The van der Waals surface area contributed by atoms with Gasteiger partial charge in [0.05, 0.1) is 6.10 Å². The Kier molecular flexibility index (Phi) is 2.88. The van der Waals surface area contributed by atoms with Crippen LogP contribution in [0.4, 0.5) is 0 Å². The van der Waals surface area contributed by atoms with Crippen LogP contribution in [0.25, 0.3) is 0 Å². The minimum absolute atomic E-state index is 0.0428. The molecule has 16 heavy (non-hydrogen) atoms. The predicted octanol–water partition coefficient (Wildman–Crippen LogP) is 0.363. The zero-order valence-electron chi connectivity index (χ0n) is 9.40. The fourth-order valence-electron chi connectivity index (χ4n) is 2.73. The summed E-state index contributed by atoms with van der Waals surface area (Å²) >= 11 is 0. The largest absolute Gasteiger partial charge is 0.462 e. The van der Waals surface area contributed by atoms with Crippen molar-refractivity contribution in [2.75, 3.05) is 6.61 Å². The van der Waals surface area contributed by atoms with Crippen molar-refractivity contribution in [3.05, 3.63) is 0 Å². The van der Waals surface area contributed by atoms with Crippen molar-refractivity contribution in [3.8, 4) is 0 Å². The SMILES string of the molecule is CC(=O)OCC1(C(N)=O)OC2CCC1CC2. The highest BCUT2D eigenvalue weighted by molar-refractivity contribution is 5.84. The molecule has 3 fully saturated rings. The number of primary amides is 1. The lowest BCUT2D eigenvalue weighted by molar-refractivity contribution is -0.216. The van der Waals surface area contributed by atoms with E-state index in [1.54, 1.807) is 0 Å². The molecule has 5 nitrogen and oxygen atoms in total. The molecule has 1 unspecified atom stereocenters. The number of amides is 1. The number of carbonyl (C=O) groups is 2. The smallest absolute Gasteiger partial charge is 0.302 e. The van der Waals surface area contributed by atoms with Gasteiger partial charge in [-0.05, 0) is 25.7 Å². The Balaban J connectivity index is 2.15.